The minimum atomic E-state index is -0.530. The van der Waals surface area contributed by atoms with Gasteiger partial charge in [0, 0.05) is 0 Å². The molecule has 0 saturated heterocycles. The van der Waals surface area contributed by atoms with Crippen LogP contribution in [-0.2, 0) is 3.42 Å². The van der Waals surface area contributed by atoms with Gasteiger partial charge in [-0.15, -0.1) is 0 Å². The molecule has 0 atom stereocenters. The summed E-state index contributed by atoms with van der Waals surface area (Å²) in [6.07, 6.45) is 0. The third kappa shape index (κ3) is 3.16. The van der Waals surface area contributed by atoms with Crippen molar-refractivity contribution in [2.75, 3.05) is 4.43 Å². The molecule has 0 aromatic heterocycles. The molecule has 3 aromatic rings. The van der Waals surface area contributed by atoms with Crippen molar-refractivity contribution in [1.82, 2.24) is 0 Å². The summed E-state index contributed by atoms with van der Waals surface area (Å²) in [5, 5.41) is 0. The number of hydrogen-bond donors (Lipinski definition) is 0. The van der Waals surface area contributed by atoms with Crippen LogP contribution in [0, 0.1) is 0 Å². The van der Waals surface area contributed by atoms with Crippen molar-refractivity contribution in [1.29, 1.82) is 0 Å². The van der Waals surface area contributed by atoms with Crippen LogP contribution in [0.15, 0.2) is 91.0 Å². The van der Waals surface area contributed by atoms with Crippen LogP contribution in [0.4, 0.5) is 0 Å². The van der Waals surface area contributed by atoms with Crippen LogP contribution >= 0.6 is 0 Å². The summed E-state index contributed by atoms with van der Waals surface area (Å²) in [6, 6.07) is 30.3. The number of alkyl halides is 2. The normalized spacial score (nSPS) is 11.4. The zero-order valence-electron chi connectivity index (χ0n) is 13.7. The first-order valence-electron chi connectivity index (χ1n) is 8.10. The van der Waals surface area contributed by atoms with Gasteiger partial charge in [0.2, 0.25) is 0 Å². The van der Waals surface area contributed by atoms with E-state index in [0.29, 0.717) is 0 Å². The fourth-order valence-corrected chi connectivity index (χ4v) is 6.37. The van der Waals surface area contributed by atoms with E-state index in [2.05, 4.69) is 31.2 Å². The minimum absolute atomic E-state index is 0.218. The molecule has 0 amide bonds. The second-order valence-electron chi connectivity index (χ2n) is 5.49. The Bertz CT molecular complexity index is 742. The second kappa shape index (κ2) is 7.75. The van der Waals surface area contributed by atoms with Crippen molar-refractivity contribution < 1.29 is 26.0 Å². The first kappa shape index (κ1) is 16.9. The maximum absolute atomic E-state index is 13.7. The van der Waals surface area contributed by atoms with Gasteiger partial charge in [-0.1, -0.05) is 0 Å². The molecule has 0 fully saturated rings. The molecule has 0 radical (unpaired) electrons. The Morgan fingerprint density at radius 1 is 0.750 bits per heavy atom. The fourth-order valence-electron chi connectivity index (χ4n) is 2.97. The van der Waals surface area contributed by atoms with E-state index in [4.69, 9.17) is 0 Å². The summed E-state index contributed by atoms with van der Waals surface area (Å²) < 4.78 is 0.513. The van der Waals surface area contributed by atoms with E-state index in [9.17, 15) is 4.79 Å². The summed E-state index contributed by atoms with van der Waals surface area (Å²) >= 11 is -0.398. The number of halogens is 1. The fraction of sp³-hybridized carbons (Fsp3) is 0.136. The summed E-state index contributed by atoms with van der Waals surface area (Å²) in [5.41, 5.74) is 3.01. The molecule has 0 saturated carbocycles. The molecule has 24 heavy (non-hydrogen) atoms. The number of benzene rings is 3. The Balaban J connectivity index is 2.25. The summed E-state index contributed by atoms with van der Waals surface area (Å²) in [6.45, 7) is 2.19. The van der Waals surface area contributed by atoms with E-state index >= 15 is 0 Å². The van der Waals surface area contributed by atoms with Crippen molar-refractivity contribution in [2.24, 2.45) is 0 Å². The Kier molecular flexibility index (Phi) is 5.46. The summed E-state index contributed by atoms with van der Waals surface area (Å²) in [4.78, 5) is 13.7. The van der Waals surface area contributed by atoms with Gasteiger partial charge in [0.15, 0.2) is 0 Å². The van der Waals surface area contributed by atoms with Crippen LogP contribution in [0.3, 0.4) is 0 Å². The first-order valence-corrected chi connectivity index (χ1v) is 10.7. The molecule has 0 spiro atoms. The predicted octanol–water partition coefficient (Wildman–Crippen LogP) is 1.92. The van der Waals surface area contributed by atoms with Gasteiger partial charge in [-0.3, -0.25) is 0 Å². The third-order valence-electron chi connectivity index (χ3n) is 4.03. The molecule has 0 heterocycles. The van der Waals surface area contributed by atoms with Gasteiger partial charge in [0.1, 0.15) is 0 Å². The average Bonchev–Trinajstić information content (AvgIpc) is 2.68. The molecule has 0 aliphatic carbocycles. The first-order chi connectivity index (χ1) is 11.8. The van der Waals surface area contributed by atoms with Crippen LogP contribution in [0.25, 0.3) is 0 Å². The molecule has 122 valence electrons. The molecule has 1 nitrogen and oxygen atoms in total. The van der Waals surface area contributed by atoms with E-state index in [-0.39, 0.29) is 5.78 Å². The molecule has 0 aliphatic rings. The zero-order chi connectivity index (χ0) is 16.8. The van der Waals surface area contributed by atoms with Gasteiger partial charge in [0.05, 0.1) is 0 Å². The SMILES string of the molecule is CC[I-]C(C(=O)c1ccccc1)(c1ccccc1)c1ccccc1. The molecule has 0 unspecified atom stereocenters. The zero-order valence-corrected chi connectivity index (χ0v) is 15.8. The molecular weight excluding hydrogens is 407 g/mol. The van der Waals surface area contributed by atoms with Crippen molar-refractivity contribution in [2.45, 2.75) is 10.3 Å². The number of carbonyl (C=O) groups excluding carboxylic acids is 1. The summed E-state index contributed by atoms with van der Waals surface area (Å²) in [5.74, 6) is 0.218. The van der Waals surface area contributed by atoms with Crippen LogP contribution in [0.1, 0.15) is 28.4 Å². The second-order valence-corrected chi connectivity index (χ2v) is 9.39. The van der Waals surface area contributed by atoms with Gasteiger partial charge < -0.3 is 0 Å². The van der Waals surface area contributed by atoms with Crippen LogP contribution in [0.5, 0.6) is 0 Å². The number of Topliss-reactive ketones (excluding diaryl/α,β-unsaturated/α-hetero) is 1. The molecule has 0 aliphatic heterocycles. The summed E-state index contributed by atoms with van der Waals surface area (Å²) in [7, 11) is 0. The molecule has 0 bridgehead atoms. The van der Waals surface area contributed by atoms with Gasteiger partial charge in [-0.25, -0.2) is 0 Å². The van der Waals surface area contributed by atoms with Crippen molar-refractivity contribution in [3.05, 3.63) is 108 Å². The van der Waals surface area contributed by atoms with Crippen LogP contribution in [0.2, 0.25) is 0 Å². The van der Waals surface area contributed by atoms with Gasteiger partial charge >= 0.3 is 154 Å². The van der Waals surface area contributed by atoms with E-state index in [1.807, 2.05) is 66.7 Å². The standard InChI is InChI=1S/C22H20IO/c1-2-23-22(19-14-8-4-9-15-19,20-16-10-5-11-17-20)21(24)18-12-6-3-7-13-18/h3-17H,2H2,1H3/q-1. The van der Waals surface area contributed by atoms with Gasteiger partial charge in [0.25, 0.3) is 0 Å². The molecule has 3 aromatic carbocycles. The Hall–Kier alpha value is -1.94. The number of rotatable bonds is 6. The van der Waals surface area contributed by atoms with E-state index in [1.54, 1.807) is 0 Å². The molecule has 2 heteroatoms. The number of carbonyl (C=O) groups is 1. The van der Waals surface area contributed by atoms with Crippen LogP contribution in [-0.4, -0.2) is 10.2 Å². The number of hydrogen-bond acceptors (Lipinski definition) is 1. The Morgan fingerprint density at radius 3 is 1.58 bits per heavy atom. The Labute approximate surface area is 154 Å². The number of ketones is 1. The van der Waals surface area contributed by atoms with Gasteiger partial charge in [-0.2, -0.15) is 0 Å². The van der Waals surface area contributed by atoms with E-state index in [0.717, 1.165) is 21.1 Å². The van der Waals surface area contributed by atoms with Crippen LogP contribution < -0.4 is 21.2 Å². The molecular formula is C22H20IO-. The van der Waals surface area contributed by atoms with Crippen molar-refractivity contribution >= 4 is 5.78 Å². The maximum atomic E-state index is 13.7. The predicted molar refractivity (Wildman–Crippen MR) is 95.0 cm³/mol. The Morgan fingerprint density at radius 2 is 1.17 bits per heavy atom. The van der Waals surface area contributed by atoms with Crippen molar-refractivity contribution in [3.8, 4) is 0 Å². The monoisotopic (exact) mass is 427 g/mol. The van der Waals surface area contributed by atoms with Gasteiger partial charge in [-0.05, 0) is 0 Å². The molecule has 0 N–H and O–H groups in total. The van der Waals surface area contributed by atoms with Crippen molar-refractivity contribution in [3.63, 3.8) is 0 Å². The third-order valence-corrected chi connectivity index (χ3v) is 7.67. The average molecular weight is 427 g/mol. The topological polar surface area (TPSA) is 17.1 Å². The van der Waals surface area contributed by atoms with E-state index in [1.165, 1.54) is 0 Å². The van der Waals surface area contributed by atoms with E-state index < -0.39 is 24.6 Å². The quantitative estimate of drug-likeness (QED) is 0.334. The molecule has 3 rings (SSSR count).